The molecule has 3 rings (SSSR count). The van der Waals surface area contributed by atoms with Gasteiger partial charge in [0.25, 0.3) is 0 Å². The van der Waals surface area contributed by atoms with E-state index in [1.54, 1.807) is 0 Å². The summed E-state index contributed by atoms with van der Waals surface area (Å²) in [4.78, 5) is 13.2. The van der Waals surface area contributed by atoms with E-state index in [1.165, 1.54) is 12.8 Å². The highest BCUT2D eigenvalue weighted by molar-refractivity contribution is 5.55. The van der Waals surface area contributed by atoms with E-state index in [0.29, 0.717) is 30.4 Å². The zero-order chi connectivity index (χ0) is 15.9. The maximum absolute atomic E-state index is 8.97. The van der Waals surface area contributed by atoms with E-state index in [1.807, 2.05) is 30.3 Å². The molecule has 1 fully saturated rings. The van der Waals surface area contributed by atoms with Crippen molar-refractivity contribution < 1.29 is 5.11 Å². The van der Waals surface area contributed by atoms with Crippen molar-refractivity contribution in [3.8, 4) is 0 Å². The fourth-order valence-corrected chi connectivity index (χ4v) is 2.65. The van der Waals surface area contributed by atoms with E-state index >= 15 is 0 Å². The second kappa shape index (κ2) is 7.73. The van der Waals surface area contributed by atoms with Crippen LogP contribution < -0.4 is 16.0 Å². The Morgan fingerprint density at radius 3 is 2.39 bits per heavy atom. The molecule has 4 N–H and O–H groups in total. The van der Waals surface area contributed by atoms with Crippen LogP contribution in [0.15, 0.2) is 30.3 Å². The van der Waals surface area contributed by atoms with Gasteiger partial charge >= 0.3 is 0 Å². The van der Waals surface area contributed by atoms with Gasteiger partial charge in [0.05, 0.1) is 6.61 Å². The van der Waals surface area contributed by atoms with Crippen LogP contribution in [-0.2, 0) is 0 Å². The minimum atomic E-state index is 0.0263. The average molecular weight is 314 g/mol. The predicted molar refractivity (Wildman–Crippen MR) is 91.0 cm³/mol. The largest absolute Gasteiger partial charge is 0.395 e. The van der Waals surface area contributed by atoms with E-state index in [4.69, 9.17) is 5.11 Å². The van der Waals surface area contributed by atoms with E-state index in [-0.39, 0.29) is 6.61 Å². The molecule has 7 heteroatoms. The van der Waals surface area contributed by atoms with Crippen molar-refractivity contribution >= 4 is 23.5 Å². The SMILES string of the molecule is OCCNc1nc(Nc2ccccc2)nc(NC2CCCC2)n1. The average Bonchev–Trinajstić information content (AvgIpc) is 3.07. The number of para-hydroxylation sites is 1. The number of benzene rings is 1. The van der Waals surface area contributed by atoms with Gasteiger partial charge in [-0.25, -0.2) is 0 Å². The summed E-state index contributed by atoms with van der Waals surface area (Å²) < 4.78 is 0. The third kappa shape index (κ3) is 4.53. The van der Waals surface area contributed by atoms with Crippen LogP contribution in [0.3, 0.4) is 0 Å². The zero-order valence-corrected chi connectivity index (χ0v) is 13.0. The number of anilines is 4. The number of rotatable bonds is 7. The monoisotopic (exact) mass is 314 g/mol. The summed E-state index contributed by atoms with van der Waals surface area (Å²) in [5.74, 6) is 1.49. The molecule has 1 aromatic carbocycles. The lowest BCUT2D eigenvalue weighted by atomic mass is 10.3. The minimum Gasteiger partial charge on any atom is -0.395 e. The van der Waals surface area contributed by atoms with Crippen molar-refractivity contribution in [2.75, 3.05) is 29.1 Å². The molecule has 1 saturated carbocycles. The van der Waals surface area contributed by atoms with Crippen LogP contribution >= 0.6 is 0 Å². The van der Waals surface area contributed by atoms with E-state index in [2.05, 4.69) is 30.9 Å². The number of nitrogens with one attached hydrogen (secondary N) is 3. The van der Waals surface area contributed by atoms with Gasteiger partial charge in [0, 0.05) is 18.3 Å². The van der Waals surface area contributed by atoms with E-state index in [9.17, 15) is 0 Å². The van der Waals surface area contributed by atoms with Crippen molar-refractivity contribution in [1.29, 1.82) is 0 Å². The van der Waals surface area contributed by atoms with Gasteiger partial charge in [-0.3, -0.25) is 0 Å². The molecule has 1 heterocycles. The Hall–Kier alpha value is -2.41. The van der Waals surface area contributed by atoms with Gasteiger partial charge in [-0.15, -0.1) is 0 Å². The number of nitrogens with zero attached hydrogens (tertiary/aromatic N) is 3. The number of aliphatic hydroxyl groups excluding tert-OH is 1. The smallest absolute Gasteiger partial charge is 0.233 e. The number of aliphatic hydroxyl groups is 1. The van der Waals surface area contributed by atoms with Gasteiger partial charge < -0.3 is 21.1 Å². The molecule has 0 saturated heterocycles. The molecule has 0 radical (unpaired) electrons. The quantitative estimate of drug-likeness (QED) is 0.623. The number of hydrogen-bond donors (Lipinski definition) is 4. The van der Waals surface area contributed by atoms with Gasteiger partial charge in [-0.05, 0) is 25.0 Å². The van der Waals surface area contributed by atoms with Gasteiger partial charge in [0.15, 0.2) is 0 Å². The molecule has 0 amide bonds. The summed E-state index contributed by atoms with van der Waals surface area (Å²) in [6, 6.07) is 10.2. The molecule has 1 aliphatic carbocycles. The highest BCUT2D eigenvalue weighted by Crippen LogP contribution is 2.22. The van der Waals surface area contributed by atoms with Crippen molar-refractivity contribution in [2.24, 2.45) is 0 Å². The Kier molecular flexibility index (Phi) is 5.21. The molecule has 0 atom stereocenters. The van der Waals surface area contributed by atoms with Gasteiger partial charge in [0.2, 0.25) is 17.8 Å². The molecule has 7 nitrogen and oxygen atoms in total. The van der Waals surface area contributed by atoms with Crippen LogP contribution in [0.4, 0.5) is 23.5 Å². The molecule has 0 spiro atoms. The van der Waals surface area contributed by atoms with Crippen LogP contribution in [0.25, 0.3) is 0 Å². The van der Waals surface area contributed by atoms with Crippen molar-refractivity contribution in [3.05, 3.63) is 30.3 Å². The van der Waals surface area contributed by atoms with Crippen LogP contribution in [-0.4, -0.2) is 39.3 Å². The van der Waals surface area contributed by atoms with Gasteiger partial charge in [-0.2, -0.15) is 15.0 Å². The van der Waals surface area contributed by atoms with Gasteiger partial charge in [0.1, 0.15) is 0 Å². The topological polar surface area (TPSA) is 95.0 Å². The lowest BCUT2D eigenvalue weighted by molar-refractivity contribution is 0.311. The van der Waals surface area contributed by atoms with E-state index < -0.39 is 0 Å². The van der Waals surface area contributed by atoms with Crippen LogP contribution in [0.1, 0.15) is 25.7 Å². The molecular formula is C16H22N6O. The summed E-state index contributed by atoms with van der Waals surface area (Å²) in [6.07, 6.45) is 4.78. The van der Waals surface area contributed by atoms with Crippen molar-refractivity contribution in [1.82, 2.24) is 15.0 Å². The van der Waals surface area contributed by atoms with Crippen molar-refractivity contribution in [2.45, 2.75) is 31.7 Å². The third-order valence-electron chi connectivity index (χ3n) is 3.75. The molecule has 1 aromatic heterocycles. The fraction of sp³-hybridized carbons (Fsp3) is 0.438. The highest BCUT2D eigenvalue weighted by atomic mass is 16.3. The molecule has 2 aromatic rings. The minimum absolute atomic E-state index is 0.0263. The van der Waals surface area contributed by atoms with Gasteiger partial charge in [-0.1, -0.05) is 31.0 Å². The number of hydrogen-bond acceptors (Lipinski definition) is 7. The summed E-state index contributed by atoms with van der Waals surface area (Å²) in [5, 5.41) is 18.5. The summed E-state index contributed by atoms with van der Waals surface area (Å²) >= 11 is 0. The molecule has 0 aliphatic heterocycles. The molecule has 122 valence electrons. The first-order chi connectivity index (χ1) is 11.3. The second-order valence-corrected chi connectivity index (χ2v) is 5.57. The Balaban J connectivity index is 1.78. The molecule has 1 aliphatic rings. The Bertz CT molecular complexity index is 615. The second-order valence-electron chi connectivity index (χ2n) is 5.57. The van der Waals surface area contributed by atoms with Crippen LogP contribution in [0.5, 0.6) is 0 Å². The third-order valence-corrected chi connectivity index (χ3v) is 3.75. The Morgan fingerprint density at radius 1 is 0.957 bits per heavy atom. The summed E-state index contributed by atoms with van der Waals surface area (Å²) in [7, 11) is 0. The first-order valence-corrected chi connectivity index (χ1v) is 8.03. The first kappa shape index (κ1) is 15.5. The van der Waals surface area contributed by atoms with Crippen LogP contribution in [0, 0.1) is 0 Å². The Labute approximate surface area is 135 Å². The first-order valence-electron chi connectivity index (χ1n) is 8.03. The normalized spacial score (nSPS) is 14.7. The maximum atomic E-state index is 8.97. The fourth-order valence-electron chi connectivity index (χ4n) is 2.65. The molecular weight excluding hydrogens is 292 g/mol. The molecule has 23 heavy (non-hydrogen) atoms. The van der Waals surface area contributed by atoms with Crippen LogP contribution in [0.2, 0.25) is 0 Å². The lowest BCUT2D eigenvalue weighted by Gasteiger charge is -2.14. The highest BCUT2D eigenvalue weighted by Gasteiger charge is 2.16. The maximum Gasteiger partial charge on any atom is 0.233 e. The lowest BCUT2D eigenvalue weighted by Crippen LogP contribution is -2.19. The number of aromatic nitrogens is 3. The summed E-state index contributed by atoms with van der Waals surface area (Å²) in [6.45, 7) is 0.427. The molecule has 0 bridgehead atoms. The Morgan fingerprint density at radius 2 is 1.65 bits per heavy atom. The zero-order valence-electron chi connectivity index (χ0n) is 13.0. The summed E-state index contributed by atoms with van der Waals surface area (Å²) in [5.41, 5.74) is 0.915. The molecule has 0 unspecified atom stereocenters. The predicted octanol–water partition coefficient (Wildman–Crippen LogP) is 2.37. The standard InChI is InChI=1S/C16H22N6O/c23-11-10-17-14-20-15(18-12-6-2-1-3-7-12)22-16(21-14)19-13-8-4-5-9-13/h1-3,6-7,13,23H,4-5,8-11H2,(H3,17,18,19,20,21,22). The van der Waals surface area contributed by atoms with E-state index in [0.717, 1.165) is 18.5 Å². The van der Waals surface area contributed by atoms with Crippen molar-refractivity contribution in [3.63, 3.8) is 0 Å².